The number of halogens is 1. The number of nitrogens with zero attached hydrogens (tertiary/aromatic N) is 1. The monoisotopic (exact) mass is 403 g/mol. The third-order valence-corrected chi connectivity index (χ3v) is 6.09. The van der Waals surface area contributed by atoms with Crippen LogP contribution in [0.5, 0.6) is 0 Å². The fraction of sp³-hybridized carbons (Fsp3) is 0.550. The summed E-state index contributed by atoms with van der Waals surface area (Å²) in [7, 11) is 0. The number of piperidine rings is 2. The number of carbonyl (C=O) groups excluding carboxylic acids is 3. The number of anilines is 1. The second-order valence-corrected chi connectivity index (χ2v) is 8.01. The second-order valence-electron chi connectivity index (χ2n) is 8.01. The number of para-hydroxylation sites is 1. The van der Waals surface area contributed by atoms with E-state index in [1.54, 1.807) is 6.07 Å². The second kappa shape index (κ2) is 8.08. The average molecular weight is 403 g/mol. The van der Waals surface area contributed by atoms with E-state index >= 15 is 0 Å². The Kier molecular flexibility index (Phi) is 5.51. The maximum absolute atomic E-state index is 13.9. The van der Waals surface area contributed by atoms with Crippen LogP contribution in [0, 0.1) is 17.7 Å². The molecule has 4 rings (SSSR count). The molecule has 1 aromatic carbocycles. The highest BCUT2D eigenvalue weighted by atomic mass is 19.1. The molecule has 0 spiro atoms. The molecule has 0 saturated carbocycles. The van der Waals surface area contributed by atoms with Gasteiger partial charge in [-0.25, -0.2) is 4.39 Å². The quantitative estimate of drug-likeness (QED) is 0.596. The summed E-state index contributed by atoms with van der Waals surface area (Å²) in [5.41, 5.74) is 0.0317. The minimum Gasteiger partial charge on any atom is -0.340 e. The molecular formula is C20H26FN5O3. The SMILES string of the molecule is CC1CCCCN1C1NC(=O)C2C(NC(=O)CC2C(=O)Nc2ccccc2F)N1. The van der Waals surface area contributed by atoms with E-state index in [0.717, 1.165) is 25.8 Å². The van der Waals surface area contributed by atoms with Gasteiger partial charge in [0, 0.05) is 19.0 Å². The Morgan fingerprint density at radius 3 is 2.76 bits per heavy atom. The first-order chi connectivity index (χ1) is 13.9. The Morgan fingerprint density at radius 1 is 1.21 bits per heavy atom. The molecule has 3 heterocycles. The van der Waals surface area contributed by atoms with Crippen molar-refractivity contribution >= 4 is 23.4 Å². The summed E-state index contributed by atoms with van der Waals surface area (Å²) in [6.45, 7) is 2.96. The van der Waals surface area contributed by atoms with Gasteiger partial charge in [0.05, 0.1) is 23.7 Å². The highest BCUT2D eigenvalue weighted by Gasteiger charge is 2.49. The van der Waals surface area contributed by atoms with Gasteiger partial charge in [-0.05, 0) is 31.9 Å². The lowest BCUT2D eigenvalue weighted by Gasteiger charge is -2.48. The Balaban J connectivity index is 1.51. The molecule has 0 bridgehead atoms. The van der Waals surface area contributed by atoms with E-state index in [1.807, 2.05) is 0 Å². The van der Waals surface area contributed by atoms with Crippen LogP contribution in [0.2, 0.25) is 0 Å². The van der Waals surface area contributed by atoms with Gasteiger partial charge in [0.15, 0.2) is 0 Å². The maximum atomic E-state index is 13.9. The van der Waals surface area contributed by atoms with Crippen LogP contribution in [-0.4, -0.2) is 47.7 Å². The molecule has 0 aromatic heterocycles. The number of benzene rings is 1. The van der Waals surface area contributed by atoms with Gasteiger partial charge in [0.2, 0.25) is 17.7 Å². The van der Waals surface area contributed by atoms with Gasteiger partial charge in [-0.2, -0.15) is 0 Å². The van der Waals surface area contributed by atoms with Crippen molar-refractivity contribution in [3.8, 4) is 0 Å². The zero-order chi connectivity index (χ0) is 20.5. The van der Waals surface area contributed by atoms with Crippen molar-refractivity contribution in [2.75, 3.05) is 11.9 Å². The van der Waals surface area contributed by atoms with Gasteiger partial charge in [-0.15, -0.1) is 0 Å². The largest absolute Gasteiger partial charge is 0.340 e. The lowest BCUT2D eigenvalue weighted by Crippen LogP contribution is -2.75. The molecule has 29 heavy (non-hydrogen) atoms. The highest BCUT2D eigenvalue weighted by Crippen LogP contribution is 2.29. The lowest BCUT2D eigenvalue weighted by molar-refractivity contribution is -0.148. The third kappa shape index (κ3) is 3.97. The molecule has 1 aromatic rings. The van der Waals surface area contributed by atoms with Crippen LogP contribution >= 0.6 is 0 Å². The molecule has 3 aliphatic rings. The first-order valence-corrected chi connectivity index (χ1v) is 10.1. The van der Waals surface area contributed by atoms with Crippen molar-refractivity contribution in [2.45, 2.75) is 51.1 Å². The minimum absolute atomic E-state index is 0.0317. The zero-order valence-corrected chi connectivity index (χ0v) is 16.3. The Labute approximate surface area is 168 Å². The van der Waals surface area contributed by atoms with Crippen LogP contribution in [0.15, 0.2) is 24.3 Å². The van der Waals surface area contributed by atoms with Crippen molar-refractivity contribution in [3.05, 3.63) is 30.1 Å². The number of carbonyl (C=O) groups is 3. The number of fused-ring (bicyclic) bond motifs is 1. The Bertz CT molecular complexity index is 819. The molecular weight excluding hydrogens is 377 g/mol. The van der Waals surface area contributed by atoms with Gasteiger partial charge >= 0.3 is 0 Å². The summed E-state index contributed by atoms with van der Waals surface area (Å²) in [6, 6.07) is 6.12. The van der Waals surface area contributed by atoms with Crippen LogP contribution in [-0.2, 0) is 14.4 Å². The van der Waals surface area contributed by atoms with Crippen molar-refractivity contribution in [1.82, 2.24) is 20.9 Å². The van der Waals surface area contributed by atoms with Crippen LogP contribution in [0.4, 0.5) is 10.1 Å². The molecule has 9 heteroatoms. The number of amides is 3. The van der Waals surface area contributed by atoms with Crippen LogP contribution in [0.1, 0.15) is 32.6 Å². The molecule has 3 amide bonds. The number of rotatable bonds is 3. The molecule has 3 fully saturated rings. The number of hydrogen-bond acceptors (Lipinski definition) is 5. The number of likely N-dealkylation sites (tertiary alicyclic amines) is 1. The molecule has 0 aliphatic carbocycles. The molecule has 3 aliphatic heterocycles. The zero-order valence-electron chi connectivity index (χ0n) is 16.3. The summed E-state index contributed by atoms with van der Waals surface area (Å²) in [4.78, 5) is 40.2. The fourth-order valence-corrected chi connectivity index (χ4v) is 4.53. The van der Waals surface area contributed by atoms with Gasteiger partial charge < -0.3 is 16.0 Å². The van der Waals surface area contributed by atoms with E-state index < -0.39 is 36.0 Å². The smallest absolute Gasteiger partial charge is 0.229 e. The van der Waals surface area contributed by atoms with Gasteiger partial charge in [-0.1, -0.05) is 18.6 Å². The first-order valence-electron chi connectivity index (χ1n) is 10.1. The Morgan fingerprint density at radius 2 is 2.00 bits per heavy atom. The van der Waals surface area contributed by atoms with E-state index in [4.69, 9.17) is 0 Å². The average Bonchev–Trinajstić information content (AvgIpc) is 2.69. The molecule has 0 radical (unpaired) electrons. The van der Waals surface area contributed by atoms with E-state index in [9.17, 15) is 18.8 Å². The first kappa shape index (κ1) is 19.8. The van der Waals surface area contributed by atoms with E-state index in [-0.39, 0.29) is 23.9 Å². The van der Waals surface area contributed by atoms with E-state index in [2.05, 4.69) is 33.1 Å². The molecule has 156 valence electrons. The Hall–Kier alpha value is -2.52. The molecule has 4 N–H and O–H groups in total. The summed E-state index contributed by atoms with van der Waals surface area (Å²) in [5, 5.41) is 11.6. The van der Waals surface area contributed by atoms with E-state index in [1.165, 1.54) is 18.2 Å². The highest BCUT2D eigenvalue weighted by molar-refractivity contribution is 6.00. The summed E-state index contributed by atoms with van der Waals surface area (Å²) in [5.74, 6) is -3.36. The molecule has 8 nitrogen and oxygen atoms in total. The van der Waals surface area contributed by atoms with Gasteiger partial charge in [0.1, 0.15) is 12.1 Å². The molecule has 5 atom stereocenters. The van der Waals surface area contributed by atoms with Gasteiger partial charge in [-0.3, -0.25) is 24.6 Å². The van der Waals surface area contributed by atoms with Gasteiger partial charge in [0.25, 0.3) is 0 Å². The number of hydrogen-bond donors (Lipinski definition) is 4. The van der Waals surface area contributed by atoms with Crippen LogP contribution < -0.4 is 21.3 Å². The van der Waals surface area contributed by atoms with Crippen LogP contribution in [0.3, 0.4) is 0 Å². The molecule has 5 unspecified atom stereocenters. The lowest BCUT2D eigenvalue weighted by atomic mass is 9.81. The predicted molar refractivity (Wildman–Crippen MR) is 104 cm³/mol. The van der Waals surface area contributed by atoms with Crippen molar-refractivity contribution in [2.24, 2.45) is 11.8 Å². The predicted octanol–water partition coefficient (Wildman–Crippen LogP) is 0.720. The van der Waals surface area contributed by atoms with Crippen molar-refractivity contribution in [3.63, 3.8) is 0 Å². The minimum atomic E-state index is -0.888. The standard InChI is InChI=1S/C20H26FN5O3/c1-11-6-4-5-9-26(11)20-24-17-16(19(29)25-20)12(10-15(27)23-17)18(28)22-14-8-3-2-7-13(14)21/h2-3,7-8,11-12,16-17,20,24H,4-6,9-10H2,1H3,(H,22,28)(H,23,27)(H,25,29). The van der Waals surface area contributed by atoms with Crippen molar-refractivity contribution in [1.29, 1.82) is 0 Å². The summed E-state index contributed by atoms with van der Waals surface area (Å²) in [6.07, 6.45) is 2.07. The number of nitrogens with one attached hydrogen (secondary N) is 4. The van der Waals surface area contributed by atoms with Crippen molar-refractivity contribution < 1.29 is 18.8 Å². The normalized spacial score (nSPS) is 32.7. The fourth-order valence-electron chi connectivity index (χ4n) is 4.53. The van der Waals surface area contributed by atoms with E-state index in [0.29, 0.717) is 6.04 Å². The topological polar surface area (TPSA) is 103 Å². The summed E-state index contributed by atoms with van der Waals surface area (Å²) >= 11 is 0. The maximum Gasteiger partial charge on any atom is 0.229 e. The molecule has 3 saturated heterocycles. The summed E-state index contributed by atoms with van der Waals surface area (Å²) < 4.78 is 13.9. The third-order valence-electron chi connectivity index (χ3n) is 6.09. The van der Waals surface area contributed by atoms with Crippen LogP contribution in [0.25, 0.3) is 0 Å².